The molecule has 1 amide bonds. The summed E-state index contributed by atoms with van der Waals surface area (Å²) < 4.78 is 0. The van der Waals surface area contributed by atoms with E-state index in [1.54, 1.807) is 4.90 Å². The van der Waals surface area contributed by atoms with Gasteiger partial charge in [-0.2, -0.15) is 0 Å². The van der Waals surface area contributed by atoms with Gasteiger partial charge in [-0.3, -0.25) is 9.59 Å². The van der Waals surface area contributed by atoms with E-state index >= 15 is 0 Å². The molecule has 1 saturated carbocycles. The molecule has 1 aliphatic heterocycles. The van der Waals surface area contributed by atoms with Crippen molar-refractivity contribution in [2.24, 2.45) is 11.1 Å². The second kappa shape index (κ2) is 5.90. The molecule has 1 saturated heterocycles. The minimum absolute atomic E-state index is 0.00352. The summed E-state index contributed by atoms with van der Waals surface area (Å²) in [5.41, 5.74) is 5.01. The molecule has 2 aliphatic rings. The summed E-state index contributed by atoms with van der Waals surface area (Å²) >= 11 is 0. The lowest BCUT2D eigenvalue weighted by Gasteiger charge is -2.36. The Labute approximate surface area is 114 Å². The van der Waals surface area contributed by atoms with Crippen molar-refractivity contribution in [3.63, 3.8) is 0 Å². The topological polar surface area (TPSA) is 83.6 Å². The summed E-state index contributed by atoms with van der Waals surface area (Å²) in [5, 5.41) is 9.49. The molecule has 5 nitrogen and oxygen atoms in total. The van der Waals surface area contributed by atoms with Gasteiger partial charge in [0.25, 0.3) is 0 Å². The molecule has 5 heteroatoms. The molecule has 0 aromatic carbocycles. The number of carbonyl (C=O) groups is 2. The Hall–Kier alpha value is -1.10. The number of likely N-dealkylation sites (tertiary alicyclic amines) is 1. The van der Waals surface area contributed by atoms with Gasteiger partial charge in [-0.25, -0.2) is 0 Å². The van der Waals surface area contributed by atoms with Crippen molar-refractivity contribution in [2.45, 2.75) is 57.4 Å². The molecule has 1 heterocycles. The van der Waals surface area contributed by atoms with Crippen LogP contribution in [0.4, 0.5) is 0 Å². The van der Waals surface area contributed by atoms with Crippen molar-refractivity contribution in [3.05, 3.63) is 0 Å². The number of rotatable bonds is 3. The average molecular weight is 268 g/mol. The molecule has 2 fully saturated rings. The number of amides is 1. The van der Waals surface area contributed by atoms with Gasteiger partial charge in [0.05, 0.1) is 5.41 Å². The molecule has 0 unspecified atom stereocenters. The van der Waals surface area contributed by atoms with Crippen molar-refractivity contribution in [3.8, 4) is 0 Å². The first kappa shape index (κ1) is 14.3. The van der Waals surface area contributed by atoms with Crippen LogP contribution < -0.4 is 5.73 Å². The first-order valence-electron chi connectivity index (χ1n) is 7.30. The van der Waals surface area contributed by atoms with Gasteiger partial charge < -0.3 is 15.7 Å². The molecular formula is C14H24N2O3. The number of nitrogens with zero attached hydrogens (tertiary/aromatic N) is 1. The number of hydrogen-bond acceptors (Lipinski definition) is 3. The molecule has 0 spiro atoms. The van der Waals surface area contributed by atoms with Crippen LogP contribution in [0.1, 0.15) is 51.4 Å². The molecule has 0 aromatic rings. The van der Waals surface area contributed by atoms with Crippen molar-refractivity contribution in [1.29, 1.82) is 0 Å². The molecule has 0 aromatic heterocycles. The average Bonchev–Trinajstić information content (AvgIpc) is 2.40. The fourth-order valence-electron chi connectivity index (χ4n) is 3.24. The van der Waals surface area contributed by atoms with Crippen LogP contribution in [0.25, 0.3) is 0 Å². The lowest BCUT2D eigenvalue weighted by Crippen LogP contribution is -2.46. The van der Waals surface area contributed by atoms with Crippen LogP contribution in [-0.2, 0) is 9.59 Å². The van der Waals surface area contributed by atoms with Crippen LogP contribution in [-0.4, -0.2) is 41.0 Å². The number of nitrogens with two attached hydrogens (primary N) is 1. The van der Waals surface area contributed by atoms with E-state index in [0.717, 1.165) is 32.1 Å². The van der Waals surface area contributed by atoms with Crippen LogP contribution in [0.3, 0.4) is 0 Å². The van der Waals surface area contributed by atoms with E-state index in [2.05, 4.69) is 0 Å². The molecule has 2 rings (SSSR count). The van der Waals surface area contributed by atoms with Crippen LogP contribution >= 0.6 is 0 Å². The minimum Gasteiger partial charge on any atom is -0.481 e. The first-order valence-corrected chi connectivity index (χ1v) is 7.30. The van der Waals surface area contributed by atoms with Crippen molar-refractivity contribution >= 4 is 11.9 Å². The predicted octanol–water partition coefficient (Wildman–Crippen LogP) is 1.36. The summed E-state index contributed by atoms with van der Waals surface area (Å²) in [4.78, 5) is 25.7. The molecule has 1 aliphatic carbocycles. The Balaban J connectivity index is 1.97. The maximum Gasteiger partial charge on any atom is 0.310 e. The second-order valence-corrected chi connectivity index (χ2v) is 6.04. The number of hydrogen-bond donors (Lipinski definition) is 2. The standard InChI is InChI=1S/C14H24N2O3/c15-11-4-8-16(9-5-11)12(17)10-14(13(18)19)6-2-1-3-7-14/h11H,1-10,15H2,(H,18,19). The molecule has 0 atom stereocenters. The van der Waals surface area contributed by atoms with E-state index in [-0.39, 0.29) is 18.4 Å². The summed E-state index contributed by atoms with van der Waals surface area (Å²) in [6.45, 7) is 1.35. The Morgan fingerprint density at radius 3 is 2.26 bits per heavy atom. The molecule has 108 valence electrons. The molecule has 3 N–H and O–H groups in total. The Morgan fingerprint density at radius 2 is 1.74 bits per heavy atom. The third-order valence-corrected chi connectivity index (χ3v) is 4.65. The summed E-state index contributed by atoms with van der Waals surface area (Å²) in [6.07, 6.45) is 6.02. The number of piperidine rings is 1. The predicted molar refractivity (Wildman–Crippen MR) is 71.6 cm³/mol. The van der Waals surface area contributed by atoms with E-state index in [0.29, 0.717) is 25.9 Å². The van der Waals surface area contributed by atoms with Gasteiger partial charge in [-0.1, -0.05) is 19.3 Å². The van der Waals surface area contributed by atoms with Gasteiger partial charge in [0.1, 0.15) is 0 Å². The quantitative estimate of drug-likeness (QED) is 0.809. The monoisotopic (exact) mass is 268 g/mol. The van der Waals surface area contributed by atoms with Gasteiger partial charge in [0.2, 0.25) is 5.91 Å². The van der Waals surface area contributed by atoms with E-state index in [1.165, 1.54) is 0 Å². The van der Waals surface area contributed by atoms with Gasteiger partial charge in [-0.15, -0.1) is 0 Å². The highest BCUT2D eigenvalue weighted by atomic mass is 16.4. The zero-order chi connectivity index (χ0) is 13.9. The van der Waals surface area contributed by atoms with Gasteiger partial charge in [-0.05, 0) is 25.7 Å². The van der Waals surface area contributed by atoms with E-state index in [9.17, 15) is 14.7 Å². The van der Waals surface area contributed by atoms with Crippen molar-refractivity contribution in [1.82, 2.24) is 4.90 Å². The highest BCUT2D eigenvalue weighted by Gasteiger charge is 2.42. The lowest BCUT2D eigenvalue weighted by molar-refractivity contribution is -0.156. The zero-order valence-electron chi connectivity index (χ0n) is 11.4. The van der Waals surface area contributed by atoms with E-state index in [4.69, 9.17) is 5.73 Å². The number of carboxylic acid groups (broad SMARTS) is 1. The molecule has 0 radical (unpaired) electrons. The van der Waals surface area contributed by atoms with Crippen molar-refractivity contribution in [2.75, 3.05) is 13.1 Å². The first-order chi connectivity index (χ1) is 9.03. The van der Waals surface area contributed by atoms with Crippen LogP contribution in [0, 0.1) is 5.41 Å². The second-order valence-electron chi connectivity index (χ2n) is 6.04. The summed E-state index contributed by atoms with van der Waals surface area (Å²) in [5.74, 6) is -0.800. The Bertz CT molecular complexity index is 343. The van der Waals surface area contributed by atoms with Crippen LogP contribution in [0.15, 0.2) is 0 Å². The maximum atomic E-state index is 12.3. The minimum atomic E-state index is -0.811. The smallest absolute Gasteiger partial charge is 0.310 e. The van der Waals surface area contributed by atoms with Crippen LogP contribution in [0.2, 0.25) is 0 Å². The SMILES string of the molecule is NC1CCN(C(=O)CC2(C(=O)O)CCCCC2)CC1. The van der Waals surface area contributed by atoms with Gasteiger partial charge >= 0.3 is 5.97 Å². The third-order valence-electron chi connectivity index (χ3n) is 4.65. The third kappa shape index (κ3) is 3.26. The lowest BCUT2D eigenvalue weighted by atomic mass is 9.71. The number of carboxylic acids is 1. The van der Waals surface area contributed by atoms with Gasteiger partial charge in [0, 0.05) is 25.6 Å². The summed E-state index contributed by atoms with van der Waals surface area (Å²) in [7, 11) is 0. The maximum absolute atomic E-state index is 12.3. The zero-order valence-corrected chi connectivity index (χ0v) is 11.4. The molecular weight excluding hydrogens is 244 g/mol. The molecule has 19 heavy (non-hydrogen) atoms. The number of aliphatic carboxylic acids is 1. The largest absolute Gasteiger partial charge is 0.481 e. The highest BCUT2D eigenvalue weighted by molar-refractivity contribution is 5.85. The van der Waals surface area contributed by atoms with Crippen LogP contribution in [0.5, 0.6) is 0 Å². The highest BCUT2D eigenvalue weighted by Crippen LogP contribution is 2.40. The van der Waals surface area contributed by atoms with E-state index in [1.807, 2.05) is 0 Å². The fraction of sp³-hybridized carbons (Fsp3) is 0.857. The molecule has 0 bridgehead atoms. The number of carbonyl (C=O) groups excluding carboxylic acids is 1. The Kier molecular flexibility index (Phi) is 4.45. The normalized spacial score (nSPS) is 24.2. The van der Waals surface area contributed by atoms with Gasteiger partial charge in [0.15, 0.2) is 0 Å². The fourth-order valence-corrected chi connectivity index (χ4v) is 3.24. The van der Waals surface area contributed by atoms with E-state index < -0.39 is 11.4 Å². The Morgan fingerprint density at radius 1 is 1.16 bits per heavy atom. The summed E-state index contributed by atoms with van der Waals surface area (Å²) in [6, 6.07) is 0.187. The van der Waals surface area contributed by atoms with Crippen molar-refractivity contribution < 1.29 is 14.7 Å².